The summed E-state index contributed by atoms with van der Waals surface area (Å²) < 4.78 is 22.7. The van der Waals surface area contributed by atoms with Crippen LogP contribution in [0.1, 0.15) is 73.6 Å². The fourth-order valence-electron chi connectivity index (χ4n) is 8.12. The van der Waals surface area contributed by atoms with Gasteiger partial charge in [0.2, 0.25) is 0 Å². The SMILES string of the molecule is CCCCCCOCCOC(=O)O[C@@H]1[C@@H](C)[C@@]2(O)C(C=C(CO)C[C@]3(O)C(=O)C(C)=CC23)[C@@H]2C(C)(C)[C@]12OC(C)=O. The number of unbranched alkanes of at least 4 members (excludes halogenated alkanes) is 3. The van der Waals surface area contributed by atoms with Gasteiger partial charge in [0, 0.05) is 49.0 Å². The number of ketones is 1. The van der Waals surface area contributed by atoms with Crippen LogP contribution in [0, 0.1) is 29.1 Å². The summed E-state index contributed by atoms with van der Waals surface area (Å²) in [4.78, 5) is 38.6. The predicted molar refractivity (Wildman–Crippen MR) is 148 cm³/mol. The van der Waals surface area contributed by atoms with Crippen LogP contribution >= 0.6 is 0 Å². The largest absolute Gasteiger partial charge is 0.508 e. The molecule has 2 saturated carbocycles. The summed E-state index contributed by atoms with van der Waals surface area (Å²) in [5.41, 5.74) is -5.10. The Morgan fingerprint density at radius 2 is 1.78 bits per heavy atom. The van der Waals surface area contributed by atoms with Crippen molar-refractivity contribution in [3.63, 3.8) is 0 Å². The molecule has 230 valence electrons. The molecule has 0 amide bonds. The number of hydrogen-bond acceptors (Lipinski definition) is 10. The molecular weight excluding hydrogens is 532 g/mol. The minimum Gasteiger partial charge on any atom is -0.454 e. The van der Waals surface area contributed by atoms with E-state index in [1.807, 2.05) is 13.8 Å². The van der Waals surface area contributed by atoms with E-state index in [0.29, 0.717) is 17.8 Å². The molecule has 0 aromatic heterocycles. The number of fused-ring (bicyclic) bond motifs is 5. The van der Waals surface area contributed by atoms with Gasteiger partial charge in [-0.05, 0) is 24.5 Å². The number of ether oxygens (including phenoxy) is 4. The van der Waals surface area contributed by atoms with Crippen LogP contribution in [0.5, 0.6) is 0 Å². The summed E-state index contributed by atoms with van der Waals surface area (Å²) in [5.74, 6) is -4.30. The molecule has 2 unspecified atom stereocenters. The lowest BCUT2D eigenvalue weighted by molar-refractivity contribution is -0.221. The first-order valence-corrected chi connectivity index (χ1v) is 14.8. The number of esters is 1. The minimum absolute atomic E-state index is 0.0323. The zero-order valence-electron chi connectivity index (χ0n) is 25.1. The Hall–Kier alpha value is -2.27. The Morgan fingerprint density at radius 3 is 2.41 bits per heavy atom. The maximum absolute atomic E-state index is 13.2. The summed E-state index contributed by atoms with van der Waals surface area (Å²) in [6.07, 6.45) is 5.28. The highest BCUT2D eigenvalue weighted by atomic mass is 16.7. The number of carbonyl (C=O) groups excluding carboxylic acids is 3. The number of rotatable bonds is 11. The summed E-state index contributed by atoms with van der Waals surface area (Å²) in [6.45, 7) is 10.7. The highest BCUT2D eigenvalue weighted by molar-refractivity contribution is 6.04. The smallest absolute Gasteiger partial charge is 0.454 e. The summed E-state index contributed by atoms with van der Waals surface area (Å²) in [5, 5.41) is 34.6. The van der Waals surface area contributed by atoms with Crippen LogP contribution in [0.2, 0.25) is 0 Å². The van der Waals surface area contributed by atoms with E-state index < -0.39 is 76.5 Å². The van der Waals surface area contributed by atoms with Crippen LogP contribution < -0.4 is 0 Å². The van der Waals surface area contributed by atoms with Gasteiger partial charge < -0.3 is 34.3 Å². The molecule has 0 aromatic carbocycles. The number of carbonyl (C=O) groups is 3. The van der Waals surface area contributed by atoms with Crippen molar-refractivity contribution in [1.82, 2.24) is 0 Å². The Morgan fingerprint density at radius 1 is 1.07 bits per heavy atom. The van der Waals surface area contributed by atoms with E-state index in [9.17, 15) is 29.7 Å². The van der Waals surface area contributed by atoms with E-state index in [2.05, 4.69) is 6.92 Å². The van der Waals surface area contributed by atoms with Gasteiger partial charge in [0.1, 0.15) is 12.2 Å². The molecule has 0 heterocycles. The molecule has 10 heteroatoms. The van der Waals surface area contributed by atoms with Gasteiger partial charge in [-0.15, -0.1) is 0 Å². The lowest BCUT2D eigenvalue weighted by Gasteiger charge is -2.52. The molecule has 4 aliphatic carbocycles. The molecule has 0 saturated heterocycles. The summed E-state index contributed by atoms with van der Waals surface area (Å²) in [6, 6.07) is 0. The van der Waals surface area contributed by atoms with Crippen molar-refractivity contribution in [2.75, 3.05) is 26.4 Å². The zero-order valence-corrected chi connectivity index (χ0v) is 25.1. The third kappa shape index (κ3) is 4.94. The Balaban J connectivity index is 1.64. The van der Waals surface area contributed by atoms with Crippen molar-refractivity contribution in [3.8, 4) is 0 Å². The van der Waals surface area contributed by atoms with Crippen molar-refractivity contribution in [2.45, 2.75) is 96.6 Å². The van der Waals surface area contributed by atoms with Gasteiger partial charge in [-0.3, -0.25) is 9.59 Å². The van der Waals surface area contributed by atoms with Crippen molar-refractivity contribution >= 4 is 17.9 Å². The van der Waals surface area contributed by atoms with E-state index in [1.165, 1.54) is 6.92 Å². The van der Waals surface area contributed by atoms with Gasteiger partial charge in [-0.1, -0.05) is 59.1 Å². The van der Waals surface area contributed by atoms with Crippen LogP contribution in [0.25, 0.3) is 0 Å². The highest BCUT2D eigenvalue weighted by Gasteiger charge is 2.88. The van der Waals surface area contributed by atoms with E-state index in [0.717, 1.165) is 25.7 Å². The third-order valence-corrected chi connectivity index (χ3v) is 10.1. The molecule has 3 N–H and O–H groups in total. The highest BCUT2D eigenvalue weighted by Crippen LogP contribution is 2.77. The molecule has 0 aromatic rings. The average molecular weight is 579 g/mol. The number of aliphatic hydroxyl groups is 3. The maximum Gasteiger partial charge on any atom is 0.508 e. The van der Waals surface area contributed by atoms with Crippen molar-refractivity contribution in [2.24, 2.45) is 29.1 Å². The molecule has 4 rings (SSSR count). The van der Waals surface area contributed by atoms with Gasteiger partial charge in [-0.2, -0.15) is 0 Å². The topological polar surface area (TPSA) is 149 Å². The molecular formula is C31H46O10. The first kappa shape index (κ1) is 31.7. The molecule has 2 fully saturated rings. The molecule has 8 atom stereocenters. The molecule has 0 spiro atoms. The van der Waals surface area contributed by atoms with Crippen LogP contribution in [-0.2, 0) is 28.5 Å². The first-order valence-electron chi connectivity index (χ1n) is 14.8. The van der Waals surface area contributed by atoms with Crippen LogP contribution in [0.3, 0.4) is 0 Å². The second-order valence-corrected chi connectivity index (χ2v) is 12.8. The number of hydrogen-bond donors (Lipinski definition) is 3. The van der Waals surface area contributed by atoms with E-state index in [1.54, 1.807) is 26.0 Å². The minimum atomic E-state index is -1.98. The molecule has 10 nitrogen and oxygen atoms in total. The standard InChI is InChI=1S/C31H46O10/c1-7-8-9-10-11-38-12-13-39-27(35)40-26-19(3)30(37)22(24-28(5,6)31(24,26)41-20(4)33)15-21(17-32)16-29(36)23(30)14-18(2)25(29)34/h14-15,19,22-24,26,32,36-37H,7-13,16-17H2,1-6H3/t19-,22?,23?,24-,26-,29-,30-,31-/m1/s1. The molecule has 0 aliphatic heterocycles. The van der Waals surface area contributed by atoms with Gasteiger partial charge >= 0.3 is 12.1 Å². The summed E-state index contributed by atoms with van der Waals surface area (Å²) >= 11 is 0. The number of Topliss-reactive ketones (excluding diaryl/α,β-unsaturated/α-hetero) is 1. The van der Waals surface area contributed by atoms with Gasteiger partial charge in [0.05, 0.1) is 18.8 Å². The fraction of sp³-hybridized carbons (Fsp3) is 0.774. The zero-order chi connectivity index (χ0) is 30.4. The van der Waals surface area contributed by atoms with Crippen LogP contribution in [0.4, 0.5) is 4.79 Å². The predicted octanol–water partition coefficient (Wildman–Crippen LogP) is 3.26. The van der Waals surface area contributed by atoms with Gasteiger partial charge in [-0.25, -0.2) is 4.79 Å². The maximum atomic E-state index is 13.2. The Bertz CT molecular complexity index is 1110. The van der Waals surface area contributed by atoms with Crippen LogP contribution in [0.15, 0.2) is 23.3 Å². The lowest BCUT2D eigenvalue weighted by Crippen LogP contribution is -2.66. The normalized spacial score (nSPS) is 38.5. The van der Waals surface area contributed by atoms with E-state index in [4.69, 9.17) is 18.9 Å². The van der Waals surface area contributed by atoms with Gasteiger partial charge in [0.15, 0.2) is 17.5 Å². The fourth-order valence-corrected chi connectivity index (χ4v) is 8.12. The Labute approximate surface area is 242 Å². The molecule has 0 bridgehead atoms. The second-order valence-electron chi connectivity index (χ2n) is 12.8. The van der Waals surface area contributed by atoms with Gasteiger partial charge in [0.25, 0.3) is 0 Å². The van der Waals surface area contributed by atoms with Crippen molar-refractivity contribution in [3.05, 3.63) is 23.3 Å². The second kappa shape index (κ2) is 11.4. The molecule has 4 aliphatic rings. The van der Waals surface area contributed by atoms with Crippen LogP contribution in [-0.4, -0.2) is 82.6 Å². The van der Waals surface area contributed by atoms with E-state index >= 15 is 0 Å². The average Bonchev–Trinajstić information content (AvgIpc) is 3.33. The quantitative estimate of drug-likeness (QED) is 0.189. The molecule has 0 radical (unpaired) electrons. The summed E-state index contributed by atoms with van der Waals surface area (Å²) in [7, 11) is 0. The molecule has 41 heavy (non-hydrogen) atoms. The number of aliphatic hydroxyl groups excluding tert-OH is 1. The first-order chi connectivity index (χ1) is 19.2. The third-order valence-electron chi connectivity index (χ3n) is 10.1. The van der Waals surface area contributed by atoms with Crippen molar-refractivity contribution in [1.29, 1.82) is 0 Å². The Kier molecular flexibility index (Phi) is 8.83. The monoisotopic (exact) mass is 578 g/mol. The van der Waals surface area contributed by atoms with Crippen molar-refractivity contribution < 1.29 is 48.7 Å². The lowest BCUT2D eigenvalue weighted by atomic mass is 9.59. The van der Waals surface area contributed by atoms with E-state index in [-0.39, 0.29) is 19.6 Å².